The number of hydrogen-bond donors (Lipinski definition) is 2. The normalized spacial score (nSPS) is 23.6. The van der Waals surface area contributed by atoms with Gasteiger partial charge in [0.2, 0.25) is 0 Å². The molecule has 148 valence electrons. The number of carbonyl (C=O) groups is 1. The maximum Gasteiger partial charge on any atom is 0.262 e. The maximum atomic E-state index is 13.0. The van der Waals surface area contributed by atoms with Gasteiger partial charge in [-0.25, -0.2) is 8.42 Å². The van der Waals surface area contributed by atoms with Crippen LogP contribution in [0.4, 0.5) is 5.69 Å². The summed E-state index contributed by atoms with van der Waals surface area (Å²) >= 11 is 0. The van der Waals surface area contributed by atoms with Crippen molar-refractivity contribution in [1.82, 2.24) is 5.32 Å². The molecule has 1 amide bonds. The van der Waals surface area contributed by atoms with Crippen LogP contribution >= 0.6 is 0 Å². The summed E-state index contributed by atoms with van der Waals surface area (Å²) in [6.07, 6.45) is 4.71. The number of hydrogen-bond acceptors (Lipinski definition) is 3. The van der Waals surface area contributed by atoms with E-state index in [1.165, 1.54) is 25.3 Å². The molecule has 2 aliphatic rings. The van der Waals surface area contributed by atoms with E-state index in [1.807, 2.05) is 19.1 Å². The van der Waals surface area contributed by atoms with Crippen LogP contribution in [0, 0.1) is 25.7 Å². The predicted molar refractivity (Wildman–Crippen MR) is 110 cm³/mol. The lowest BCUT2D eigenvalue weighted by atomic mass is 9.95. The fourth-order valence-corrected chi connectivity index (χ4v) is 5.99. The Hall–Kier alpha value is -2.34. The van der Waals surface area contributed by atoms with E-state index in [0.717, 1.165) is 17.9 Å². The Morgan fingerprint density at radius 2 is 1.79 bits per heavy atom. The molecule has 4 rings (SSSR count). The summed E-state index contributed by atoms with van der Waals surface area (Å²) in [5, 5.41) is 3.13. The van der Waals surface area contributed by atoms with Gasteiger partial charge in [0.25, 0.3) is 15.9 Å². The smallest absolute Gasteiger partial charge is 0.262 e. The Balaban J connectivity index is 1.56. The predicted octanol–water partition coefficient (Wildman–Crippen LogP) is 4.02. The molecule has 2 aromatic carbocycles. The molecular weight excluding hydrogens is 372 g/mol. The van der Waals surface area contributed by atoms with E-state index in [1.54, 1.807) is 31.2 Å². The van der Waals surface area contributed by atoms with Crippen molar-refractivity contribution in [3.63, 3.8) is 0 Å². The summed E-state index contributed by atoms with van der Waals surface area (Å²) in [5.41, 5.74) is 2.38. The van der Waals surface area contributed by atoms with Gasteiger partial charge in [-0.05, 0) is 74.3 Å². The molecular formula is C22H26N2O3S. The minimum absolute atomic E-state index is 0.136. The van der Waals surface area contributed by atoms with Crippen LogP contribution < -0.4 is 10.0 Å². The third-order valence-corrected chi connectivity index (χ3v) is 7.69. The lowest BCUT2D eigenvalue weighted by Crippen LogP contribution is -2.38. The van der Waals surface area contributed by atoms with Crippen LogP contribution in [0.5, 0.6) is 0 Å². The molecule has 5 nitrogen and oxygen atoms in total. The molecule has 0 aliphatic heterocycles. The number of amides is 1. The zero-order valence-corrected chi connectivity index (χ0v) is 17.1. The first-order valence-electron chi connectivity index (χ1n) is 9.83. The van der Waals surface area contributed by atoms with Gasteiger partial charge >= 0.3 is 0 Å². The van der Waals surface area contributed by atoms with E-state index < -0.39 is 10.0 Å². The highest BCUT2D eigenvalue weighted by atomic mass is 32.2. The van der Waals surface area contributed by atoms with Crippen LogP contribution in [-0.4, -0.2) is 20.4 Å². The van der Waals surface area contributed by atoms with Crippen molar-refractivity contribution < 1.29 is 13.2 Å². The number of fused-ring (bicyclic) bond motifs is 2. The Bertz CT molecular complexity index is 1020. The van der Waals surface area contributed by atoms with E-state index in [9.17, 15) is 13.2 Å². The number of benzene rings is 2. The number of nitrogens with one attached hydrogen (secondary N) is 2. The summed E-state index contributed by atoms with van der Waals surface area (Å²) in [6.45, 7) is 3.59. The molecule has 2 saturated carbocycles. The lowest BCUT2D eigenvalue weighted by molar-refractivity contribution is 0.0922. The second kappa shape index (κ2) is 7.24. The molecule has 0 radical (unpaired) electrons. The first-order chi connectivity index (χ1) is 13.3. The summed E-state index contributed by atoms with van der Waals surface area (Å²) < 4.78 is 28.6. The average Bonchev–Trinajstić information content (AvgIpc) is 3.26. The molecule has 0 saturated heterocycles. The fourth-order valence-electron chi connectivity index (χ4n) is 4.59. The number of carbonyl (C=O) groups excluding carboxylic acids is 1. The summed E-state index contributed by atoms with van der Waals surface area (Å²) in [4.78, 5) is 12.9. The highest BCUT2D eigenvalue weighted by Crippen LogP contribution is 2.44. The fraction of sp³-hybridized carbons (Fsp3) is 0.409. The van der Waals surface area contributed by atoms with Crippen molar-refractivity contribution in [2.24, 2.45) is 11.8 Å². The van der Waals surface area contributed by atoms with Crippen LogP contribution in [0.2, 0.25) is 0 Å². The number of para-hydroxylation sites is 1. The van der Waals surface area contributed by atoms with Crippen LogP contribution in [0.15, 0.2) is 47.4 Å². The molecule has 0 spiro atoms. The monoisotopic (exact) mass is 398 g/mol. The van der Waals surface area contributed by atoms with Crippen LogP contribution in [0.3, 0.4) is 0 Å². The lowest BCUT2D eigenvalue weighted by Gasteiger charge is -2.23. The number of rotatable bonds is 5. The highest BCUT2D eigenvalue weighted by molar-refractivity contribution is 7.92. The van der Waals surface area contributed by atoms with Crippen molar-refractivity contribution in [1.29, 1.82) is 0 Å². The summed E-state index contributed by atoms with van der Waals surface area (Å²) in [5.74, 6) is 1.12. The van der Waals surface area contributed by atoms with Crippen LogP contribution in [-0.2, 0) is 10.0 Å². The van der Waals surface area contributed by atoms with Crippen molar-refractivity contribution in [3.05, 3.63) is 59.2 Å². The highest BCUT2D eigenvalue weighted by Gasteiger charge is 2.40. The van der Waals surface area contributed by atoms with Crippen LogP contribution in [0.25, 0.3) is 0 Å². The van der Waals surface area contributed by atoms with Crippen molar-refractivity contribution in [3.8, 4) is 0 Å². The summed E-state index contributed by atoms with van der Waals surface area (Å²) in [6, 6.07) is 12.3. The minimum atomic E-state index is -3.79. The van der Waals surface area contributed by atoms with E-state index in [0.29, 0.717) is 22.7 Å². The second-order valence-electron chi connectivity index (χ2n) is 8.16. The molecule has 2 aromatic rings. The Morgan fingerprint density at radius 3 is 2.46 bits per heavy atom. The zero-order valence-electron chi connectivity index (χ0n) is 16.2. The van der Waals surface area contributed by atoms with Gasteiger partial charge in [0.05, 0.1) is 10.6 Å². The minimum Gasteiger partial charge on any atom is -0.349 e. The molecule has 3 unspecified atom stereocenters. The Morgan fingerprint density at radius 1 is 1.00 bits per heavy atom. The van der Waals surface area contributed by atoms with E-state index >= 15 is 0 Å². The van der Waals surface area contributed by atoms with Gasteiger partial charge < -0.3 is 5.32 Å². The van der Waals surface area contributed by atoms with Gasteiger partial charge in [-0.15, -0.1) is 0 Å². The largest absolute Gasteiger partial charge is 0.349 e. The molecule has 0 aromatic heterocycles. The second-order valence-corrected chi connectivity index (χ2v) is 9.81. The number of aryl methyl sites for hydroxylation is 2. The number of sulfonamides is 1. The zero-order chi connectivity index (χ0) is 19.9. The van der Waals surface area contributed by atoms with E-state index in [4.69, 9.17) is 0 Å². The average molecular weight is 399 g/mol. The van der Waals surface area contributed by atoms with E-state index in [-0.39, 0.29) is 16.8 Å². The van der Waals surface area contributed by atoms with Crippen molar-refractivity contribution in [2.75, 3.05) is 4.72 Å². The molecule has 28 heavy (non-hydrogen) atoms. The third kappa shape index (κ3) is 3.65. The maximum absolute atomic E-state index is 13.0. The Labute approximate surface area is 166 Å². The van der Waals surface area contributed by atoms with Gasteiger partial charge in [0.1, 0.15) is 0 Å². The molecule has 6 heteroatoms. The van der Waals surface area contributed by atoms with E-state index in [2.05, 4.69) is 10.0 Å². The van der Waals surface area contributed by atoms with Gasteiger partial charge in [0.15, 0.2) is 0 Å². The Kier molecular flexibility index (Phi) is 4.91. The molecule has 2 aliphatic carbocycles. The standard InChI is InChI=1S/C22H26N2O3S/c1-14-5-3-4-6-19(14)24-28(26,27)21-13-18(9-7-15(21)2)22(25)23-20-12-16-8-10-17(20)11-16/h3-7,9,13,16-17,20,24H,8,10-12H2,1-2H3,(H,23,25). The SMILES string of the molecule is Cc1ccccc1NS(=O)(=O)c1cc(C(=O)NC2CC3CCC2C3)ccc1C. The topological polar surface area (TPSA) is 75.3 Å². The molecule has 2 bridgehead atoms. The molecule has 2 N–H and O–H groups in total. The first kappa shape index (κ1) is 19.0. The molecule has 3 atom stereocenters. The van der Waals surface area contributed by atoms with Crippen LogP contribution in [0.1, 0.15) is 47.2 Å². The summed E-state index contributed by atoms with van der Waals surface area (Å²) in [7, 11) is -3.79. The van der Waals surface area contributed by atoms with Crippen molar-refractivity contribution >= 4 is 21.6 Å². The molecule has 0 heterocycles. The van der Waals surface area contributed by atoms with Gasteiger partial charge in [-0.3, -0.25) is 9.52 Å². The van der Waals surface area contributed by atoms with Gasteiger partial charge in [-0.2, -0.15) is 0 Å². The van der Waals surface area contributed by atoms with Gasteiger partial charge in [0, 0.05) is 11.6 Å². The quantitative estimate of drug-likeness (QED) is 0.799. The third-order valence-electron chi connectivity index (χ3n) is 6.18. The van der Waals surface area contributed by atoms with Crippen molar-refractivity contribution in [2.45, 2.75) is 50.5 Å². The number of anilines is 1. The first-order valence-corrected chi connectivity index (χ1v) is 11.3. The van der Waals surface area contributed by atoms with Gasteiger partial charge in [-0.1, -0.05) is 30.7 Å². The molecule has 2 fully saturated rings.